The van der Waals surface area contributed by atoms with Gasteiger partial charge in [0.1, 0.15) is 6.10 Å². The molecular weight excluding hydrogens is 292 g/mol. The van der Waals surface area contributed by atoms with Crippen LogP contribution >= 0.6 is 11.6 Å². The van der Waals surface area contributed by atoms with Gasteiger partial charge in [-0.25, -0.2) is 0 Å². The molecule has 2 N–H and O–H groups in total. The molecule has 6 heteroatoms. The van der Waals surface area contributed by atoms with Crippen LogP contribution in [-0.2, 0) is 14.3 Å². The number of hydrogen-bond donors (Lipinski definition) is 2. The van der Waals surface area contributed by atoms with Crippen molar-refractivity contribution in [1.29, 1.82) is 0 Å². The highest BCUT2D eigenvalue weighted by molar-refractivity contribution is 6.31. The van der Waals surface area contributed by atoms with Crippen LogP contribution < -0.4 is 10.6 Å². The Morgan fingerprint density at radius 2 is 2.14 bits per heavy atom. The maximum absolute atomic E-state index is 12.1. The Labute approximate surface area is 130 Å². The van der Waals surface area contributed by atoms with Crippen LogP contribution in [0.25, 0.3) is 0 Å². The molecule has 0 aromatic heterocycles. The quantitative estimate of drug-likeness (QED) is 0.725. The number of halogens is 1. The van der Waals surface area contributed by atoms with Gasteiger partial charge in [-0.3, -0.25) is 4.79 Å². The zero-order valence-electron chi connectivity index (χ0n) is 12.3. The van der Waals surface area contributed by atoms with E-state index in [1.54, 1.807) is 26.2 Å². The van der Waals surface area contributed by atoms with E-state index in [4.69, 9.17) is 21.1 Å². The van der Waals surface area contributed by atoms with E-state index < -0.39 is 6.10 Å². The summed E-state index contributed by atoms with van der Waals surface area (Å²) in [7, 11) is 1.59. The first kappa shape index (κ1) is 16.1. The lowest BCUT2D eigenvalue weighted by molar-refractivity contribution is -0.127. The van der Waals surface area contributed by atoms with E-state index >= 15 is 0 Å². The zero-order valence-corrected chi connectivity index (χ0v) is 13.1. The van der Waals surface area contributed by atoms with Crippen LogP contribution in [0.2, 0.25) is 5.02 Å². The minimum absolute atomic E-state index is 0.202. The monoisotopic (exact) mass is 312 g/mol. The number of hydrogen-bond acceptors (Lipinski definition) is 4. The number of methoxy groups -OCH3 is 1. The number of nitrogens with one attached hydrogen (secondary N) is 2. The number of rotatable bonds is 8. The fraction of sp³-hybridized carbons (Fsp3) is 0.533. The summed E-state index contributed by atoms with van der Waals surface area (Å²) >= 11 is 6.01. The highest BCUT2D eigenvalue weighted by Gasteiger charge is 2.23. The van der Waals surface area contributed by atoms with Crippen molar-refractivity contribution in [3.8, 4) is 0 Å². The van der Waals surface area contributed by atoms with Crippen molar-refractivity contribution in [2.45, 2.75) is 31.9 Å². The lowest BCUT2D eigenvalue weighted by Crippen LogP contribution is -2.29. The predicted molar refractivity (Wildman–Crippen MR) is 84.0 cm³/mol. The van der Waals surface area contributed by atoms with Crippen molar-refractivity contribution in [3.05, 3.63) is 23.2 Å². The molecule has 0 saturated heterocycles. The Morgan fingerprint density at radius 1 is 1.38 bits per heavy atom. The summed E-state index contributed by atoms with van der Waals surface area (Å²) in [6, 6.07) is 5.93. The van der Waals surface area contributed by atoms with Gasteiger partial charge in [0.25, 0.3) is 5.91 Å². The Bertz CT molecular complexity index is 492. The van der Waals surface area contributed by atoms with Gasteiger partial charge in [-0.15, -0.1) is 0 Å². The van der Waals surface area contributed by atoms with Crippen molar-refractivity contribution >= 4 is 28.9 Å². The molecule has 5 nitrogen and oxygen atoms in total. The maximum atomic E-state index is 12.1. The number of anilines is 2. The van der Waals surface area contributed by atoms with Gasteiger partial charge >= 0.3 is 0 Å². The van der Waals surface area contributed by atoms with E-state index in [1.807, 2.05) is 6.07 Å². The number of carbonyl (C=O) groups excluding carboxylic acids is 1. The summed E-state index contributed by atoms with van der Waals surface area (Å²) in [4.78, 5) is 12.1. The molecule has 1 fully saturated rings. The molecule has 1 aromatic carbocycles. The van der Waals surface area contributed by atoms with Crippen LogP contribution in [0, 0.1) is 0 Å². The first-order valence-corrected chi connectivity index (χ1v) is 7.45. The van der Waals surface area contributed by atoms with Crippen molar-refractivity contribution in [3.63, 3.8) is 0 Å². The molecule has 1 aromatic rings. The summed E-state index contributed by atoms with van der Waals surface area (Å²) in [6.07, 6.45) is 1.77. The third-order valence-corrected chi connectivity index (χ3v) is 3.44. The van der Waals surface area contributed by atoms with Crippen molar-refractivity contribution in [2.24, 2.45) is 0 Å². The summed E-state index contributed by atoms with van der Waals surface area (Å²) < 4.78 is 10.3. The first-order chi connectivity index (χ1) is 10.1. The van der Waals surface area contributed by atoms with Crippen LogP contribution in [0.15, 0.2) is 18.2 Å². The molecule has 1 amide bonds. The van der Waals surface area contributed by atoms with Crippen LogP contribution in [0.1, 0.15) is 19.8 Å². The van der Waals surface area contributed by atoms with Crippen molar-refractivity contribution in [2.75, 3.05) is 31.0 Å². The van der Waals surface area contributed by atoms with Crippen LogP contribution in [0.3, 0.4) is 0 Å². The Morgan fingerprint density at radius 3 is 2.81 bits per heavy atom. The van der Waals surface area contributed by atoms with Crippen molar-refractivity contribution in [1.82, 2.24) is 0 Å². The molecule has 21 heavy (non-hydrogen) atoms. The van der Waals surface area contributed by atoms with E-state index in [2.05, 4.69) is 10.6 Å². The normalized spacial score (nSPS) is 15.6. The van der Waals surface area contributed by atoms with Gasteiger partial charge < -0.3 is 20.1 Å². The van der Waals surface area contributed by atoms with Crippen LogP contribution in [0.4, 0.5) is 11.4 Å². The van der Waals surface area contributed by atoms with E-state index in [1.165, 1.54) is 0 Å². The molecule has 116 valence electrons. The largest absolute Gasteiger partial charge is 0.382 e. The summed E-state index contributed by atoms with van der Waals surface area (Å²) in [5, 5.41) is 6.82. The van der Waals surface area contributed by atoms with E-state index in [-0.39, 0.29) is 5.91 Å². The maximum Gasteiger partial charge on any atom is 0.253 e. The fourth-order valence-electron chi connectivity index (χ4n) is 1.81. The second-order valence-electron chi connectivity index (χ2n) is 5.10. The van der Waals surface area contributed by atoms with Gasteiger partial charge in [0.15, 0.2) is 0 Å². The van der Waals surface area contributed by atoms with Crippen LogP contribution in [0.5, 0.6) is 0 Å². The Balaban J connectivity index is 1.96. The first-order valence-electron chi connectivity index (χ1n) is 7.07. The molecule has 0 aliphatic heterocycles. The molecule has 0 unspecified atom stereocenters. The highest BCUT2D eigenvalue weighted by atomic mass is 35.5. The number of benzene rings is 1. The minimum Gasteiger partial charge on any atom is -0.382 e. The van der Waals surface area contributed by atoms with Gasteiger partial charge in [-0.2, -0.15) is 0 Å². The lowest BCUT2D eigenvalue weighted by atomic mass is 10.2. The third-order valence-electron chi connectivity index (χ3n) is 3.20. The summed E-state index contributed by atoms with van der Waals surface area (Å²) in [5.74, 6) is -0.202. The number of amides is 1. The zero-order chi connectivity index (χ0) is 15.2. The van der Waals surface area contributed by atoms with Gasteiger partial charge in [0.05, 0.1) is 24.6 Å². The third kappa shape index (κ3) is 5.19. The second-order valence-corrected chi connectivity index (χ2v) is 5.54. The summed E-state index contributed by atoms with van der Waals surface area (Å²) in [6.45, 7) is 2.56. The SMILES string of the molecule is COCCO[C@@H](C)C(=O)Nc1cc(Cl)ccc1NC1CC1. The predicted octanol–water partition coefficient (Wildman–Crippen LogP) is 2.90. The standard InChI is InChI=1S/C15H21ClN2O3/c1-10(21-8-7-20-2)15(19)18-14-9-11(16)3-6-13(14)17-12-4-5-12/h3,6,9-10,12,17H,4-5,7-8H2,1-2H3,(H,18,19)/t10-/m0/s1. The molecular formula is C15H21ClN2O3. The average Bonchev–Trinajstić information content (AvgIpc) is 3.26. The second kappa shape index (κ2) is 7.64. The van der Waals surface area contributed by atoms with E-state index in [0.717, 1.165) is 18.5 Å². The lowest BCUT2D eigenvalue weighted by Gasteiger charge is -2.16. The molecule has 1 saturated carbocycles. The summed E-state index contributed by atoms with van der Waals surface area (Å²) in [5.41, 5.74) is 1.57. The molecule has 1 aliphatic rings. The van der Waals surface area contributed by atoms with Gasteiger partial charge in [0, 0.05) is 18.2 Å². The van der Waals surface area contributed by atoms with Gasteiger partial charge in [-0.1, -0.05) is 11.6 Å². The molecule has 1 atom stereocenters. The Kier molecular flexibility index (Phi) is 5.85. The van der Waals surface area contributed by atoms with E-state index in [0.29, 0.717) is 30.0 Å². The van der Waals surface area contributed by atoms with Crippen LogP contribution in [-0.4, -0.2) is 38.4 Å². The fourth-order valence-corrected chi connectivity index (χ4v) is 1.98. The molecule has 0 bridgehead atoms. The highest BCUT2D eigenvalue weighted by Crippen LogP contribution is 2.31. The Hall–Kier alpha value is -1.30. The van der Waals surface area contributed by atoms with Gasteiger partial charge in [0.2, 0.25) is 0 Å². The number of carbonyl (C=O) groups is 1. The molecule has 0 spiro atoms. The minimum atomic E-state index is -0.548. The number of ether oxygens (including phenoxy) is 2. The van der Waals surface area contributed by atoms with E-state index in [9.17, 15) is 4.79 Å². The average molecular weight is 313 g/mol. The molecule has 0 radical (unpaired) electrons. The van der Waals surface area contributed by atoms with Crippen molar-refractivity contribution < 1.29 is 14.3 Å². The van der Waals surface area contributed by atoms with Gasteiger partial charge in [-0.05, 0) is 38.0 Å². The molecule has 1 aliphatic carbocycles. The topological polar surface area (TPSA) is 59.6 Å². The smallest absolute Gasteiger partial charge is 0.253 e. The molecule has 2 rings (SSSR count). The molecule has 0 heterocycles.